The molecule has 0 bridgehead atoms. The number of methoxy groups -OCH3 is 2. The van der Waals surface area contributed by atoms with Crippen molar-refractivity contribution in [3.05, 3.63) is 59.8 Å². The number of carbonyl (C=O) groups excluding carboxylic acids is 2. The van der Waals surface area contributed by atoms with Crippen LogP contribution in [-0.4, -0.2) is 53.9 Å². The summed E-state index contributed by atoms with van der Waals surface area (Å²) in [7, 11) is 3.08. The maximum atomic E-state index is 13.2. The number of aromatic nitrogens is 2. The van der Waals surface area contributed by atoms with Crippen molar-refractivity contribution in [2.45, 2.75) is 46.5 Å². The lowest BCUT2D eigenvalue weighted by Crippen LogP contribution is -2.41. The number of aryl methyl sites for hydroxylation is 1. The molecule has 0 atom stereocenters. The molecule has 0 unspecified atom stereocenters. The summed E-state index contributed by atoms with van der Waals surface area (Å²) in [5, 5.41) is 10.6. The molecule has 0 fully saturated rings. The van der Waals surface area contributed by atoms with Crippen LogP contribution in [0.5, 0.6) is 11.5 Å². The van der Waals surface area contributed by atoms with Gasteiger partial charge in [-0.1, -0.05) is 39.8 Å². The summed E-state index contributed by atoms with van der Waals surface area (Å²) < 4.78 is 12.3. The molecule has 9 nitrogen and oxygen atoms in total. The topological polar surface area (TPSA) is 97.7 Å². The Kier molecular flexibility index (Phi) is 8.81. The normalized spacial score (nSPS) is 11.1. The average Bonchev–Trinajstić information content (AvgIpc) is 3.28. The molecule has 0 saturated carbocycles. The molecular formula is C28H37N5O4. The third-order valence-corrected chi connectivity index (χ3v) is 5.76. The molecular weight excluding hydrogens is 470 g/mol. The Morgan fingerprint density at radius 1 is 1.03 bits per heavy atom. The monoisotopic (exact) mass is 507 g/mol. The Balaban J connectivity index is 1.80. The molecule has 0 spiro atoms. The molecule has 37 heavy (non-hydrogen) atoms. The van der Waals surface area contributed by atoms with Crippen LogP contribution in [0.3, 0.4) is 0 Å². The zero-order valence-electron chi connectivity index (χ0n) is 22.7. The molecule has 2 N–H and O–H groups in total. The van der Waals surface area contributed by atoms with E-state index >= 15 is 0 Å². The summed E-state index contributed by atoms with van der Waals surface area (Å²) in [6.45, 7) is 10.5. The Hall–Kier alpha value is -4.01. The van der Waals surface area contributed by atoms with Gasteiger partial charge in [0.2, 0.25) is 5.91 Å². The van der Waals surface area contributed by atoms with Crippen LogP contribution in [0.15, 0.2) is 48.5 Å². The number of nitrogens with one attached hydrogen (secondary N) is 2. The number of amides is 3. The van der Waals surface area contributed by atoms with Gasteiger partial charge in [0, 0.05) is 24.1 Å². The van der Waals surface area contributed by atoms with Gasteiger partial charge in [-0.15, -0.1) is 0 Å². The smallest absolute Gasteiger partial charge is 0.322 e. The zero-order chi connectivity index (χ0) is 27.2. The van der Waals surface area contributed by atoms with Gasteiger partial charge in [-0.25, -0.2) is 9.48 Å². The number of carbonyl (C=O) groups is 2. The van der Waals surface area contributed by atoms with Crippen molar-refractivity contribution in [2.24, 2.45) is 0 Å². The van der Waals surface area contributed by atoms with Gasteiger partial charge in [-0.2, -0.15) is 5.10 Å². The van der Waals surface area contributed by atoms with E-state index in [0.29, 0.717) is 36.0 Å². The van der Waals surface area contributed by atoms with Gasteiger partial charge in [0.25, 0.3) is 0 Å². The van der Waals surface area contributed by atoms with Gasteiger partial charge in [0.05, 0.1) is 31.3 Å². The fourth-order valence-electron chi connectivity index (χ4n) is 3.77. The van der Waals surface area contributed by atoms with Crippen LogP contribution in [-0.2, 0) is 10.2 Å². The van der Waals surface area contributed by atoms with Gasteiger partial charge in [-0.05, 0) is 43.2 Å². The third kappa shape index (κ3) is 7.03. The summed E-state index contributed by atoms with van der Waals surface area (Å²) in [5.41, 5.74) is 3.06. The molecule has 0 aliphatic heterocycles. The molecule has 0 radical (unpaired) electrons. The van der Waals surface area contributed by atoms with Crippen molar-refractivity contribution in [3.8, 4) is 17.2 Å². The molecule has 9 heteroatoms. The lowest BCUT2D eigenvalue weighted by molar-refractivity contribution is -0.116. The van der Waals surface area contributed by atoms with Crippen LogP contribution in [0, 0.1) is 6.92 Å². The molecule has 1 aromatic heterocycles. The van der Waals surface area contributed by atoms with Crippen molar-refractivity contribution in [1.82, 2.24) is 14.7 Å². The van der Waals surface area contributed by atoms with Gasteiger partial charge >= 0.3 is 6.03 Å². The SMILES string of the molecule is CCCN(CC(=O)Nc1cc(C(C)(C)C)nn1-c1cccc(C)c1)C(=O)Nc1ccc(OC)cc1OC. The minimum absolute atomic E-state index is 0.123. The maximum absolute atomic E-state index is 13.2. The number of hydrogen-bond acceptors (Lipinski definition) is 5. The predicted octanol–water partition coefficient (Wildman–Crippen LogP) is 5.38. The van der Waals surface area contributed by atoms with E-state index < -0.39 is 6.03 Å². The molecule has 0 saturated heterocycles. The van der Waals surface area contributed by atoms with E-state index in [1.54, 1.807) is 30.0 Å². The lowest BCUT2D eigenvalue weighted by atomic mass is 9.92. The molecule has 1 heterocycles. The van der Waals surface area contributed by atoms with Gasteiger partial charge in [0.1, 0.15) is 23.9 Å². The first kappa shape index (κ1) is 27.6. The second kappa shape index (κ2) is 11.8. The van der Waals surface area contributed by atoms with Crippen LogP contribution in [0.4, 0.5) is 16.3 Å². The molecule has 3 aromatic rings. The molecule has 2 aromatic carbocycles. The number of benzene rings is 2. The number of ether oxygens (including phenoxy) is 2. The van der Waals surface area contributed by atoms with Crippen molar-refractivity contribution in [3.63, 3.8) is 0 Å². The molecule has 0 aliphatic rings. The lowest BCUT2D eigenvalue weighted by Gasteiger charge is -2.23. The average molecular weight is 508 g/mol. The quantitative estimate of drug-likeness (QED) is 0.405. The Bertz CT molecular complexity index is 1250. The fourth-order valence-corrected chi connectivity index (χ4v) is 3.77. The zero-order valence-corrected chi connectivity index (χ0v) is 22.7. The molecule has 3 rings (SSSR count). The van der Waals surface area contributed by atoms with E-state index in [0.717, 1.165) is 16.9 Å². The summed E-state index contributed by atoms with van der Waals surface area (Å²) >= 11 is 0. The van der Waals surface area contributed by atoms with Crippen LogP contribution in [0.25, 0.3) is 5.69 Å². The minimum Gasteiger partial charge on any atom is -0.497 e. The van der Waals surface area contributed by atoms with E-state index in [4.69, 9.17) is 14.6 Å². The number of anilines is 2. The van der Waals surface area contributed by atoms with Gasteiger partial charge < -0.3 is 25.0 Å². The summed E-state index contributed by atoms with van der Waals surface area (Å²) in [6, 6.07) is 14.5. The van der Waals surface area contributed by atoms with Crippen molar-refractivity contribution in [1.29, 1.82) is 0 Å². The van der Waals surface area contributed by atoms with Crippen LogP contribution < -0.4 is 20.1 Å². The van der Waals surface area contributed by atoms with Gasteiger partial charge in [0.15, 0.2) is 0 Å². The summed E-state index contributed by atoms with van der Waals surface area (Å²) in [5.74, 6) is 1.30. The highest BCUT2D eigenvalue weighted by molar-refractivity contribution is 5.97. The highest BCUT2D eigenvalue weighted by atomic mass is 16.5. The van der Waals surface area contributed by atoms with E-state index in [-0.39, 0.29) is 17.9 Å². The highest BCUT2D eigenvalue weighted by Crippen LogP contribution is 2.29. The van der Waals surface area contributed by atoms with E-state index in [1.807, 2.05) is 44.2 Å². The van der Waals surface area contributed by atoms with E-state index in [1.165, 1.54) is 12.0 Å². The summed E-state index contributed by atoms with van der Waals surface area (Å²) in [4.78, 5) is 27.7. The van der Waals surface area contributed by atoms with Crippen molar-refractivity contribution < 1.29 is 19.1 Å². The first-order chi connectivity index (χ1) is 17.5. The molecule has 198 valence electrons. The predicted molar refractivity (Wildman–Crippen MR) is 146 cm³/mol. The van der Waals surface area contributed by atoms with Crippen LogP contribution in [0.2, 0.25) is 0 Å². The summed E-state index contributed by atoms with van der Waals surface area (Å²) in [6.07, 6.45) is 0.690. The second-order valence-corrected chi connectivity index (χ2v) is 9.88. The number of urea groups is 1. The first-order valence-corrected chi connectivity index (χ1v) is 12.3. The Labute approximate surface area is 218 Å². The van der Waals surface area contributed by atoms with E-state index in [9.17, 15) is 9.59 Å². The standard InChI is InChI=1S/C28H37N5O4/c1-8-14-32(27(35)29-22-13-12-21(36-6)16-23(22)37-7)18-26(34)30-25-17-24(28(3,4)5)31-33(25)20-11-9-10-19(2)15-20/h9-13,15-17H,8,14,18H2,1-7H3,(H,29,35)(H,30,34). The second-order valence-electron chi connectivity index (χ2n) is 9.88. The first-order valence-electron chi connectivity index (χ1n) is 12.3. The van der Waals surface area contributed by atoms with Crippen LogP contribution in [0.1, 0.15) is 45.4 Å². The number of rotatable bonds is 9. The highest BCUT2D eigenvalue weighted by Gasteiger charge is 2.23. The molecule has 3 amide bonds. The number of hydrogen-bond donors (Lipinski definition) is 2. The third-order valence-electron chi connectivity index (χ3n) is 5.76. The Morgan fingerprint density at radius 3 is 2.41 bits per heavy atom. The number of nitrogens with zero attached hydrogens (tertiary/aromatic N) is 3. The fraction of sp³-hybridized carbons (Fsp3) is 0.393. The van der Waals surface area contributed by atoms with Gasteiger partial charge in [-0.3, -0.25) is 4.79 Å². The Morgan fingerprint density at radius 2 is 1.78 bits per heavy atom. The minimum atomic E-state index is -0.400. The van der Waals surface area contributed by atoms with Crippen molar-refractivity contribution >= 4 is 23.4 Å². The van der Waals surface area contributed by atoms with Crippen molar-refractivity contribution in [2.75, 3.05) is 37.9 Å². The van der Waals surface area contributed by atoms with Crippen LogP contribution >= 0.6 is 0 Å². The van der Waals surface area contributed by atoms with E-state index in [2.05, 4.69) is 31.4 Å². The maximum Gasteiger partial charge on any atom is 0.322 e. The largest absolute Gasteiger partial charge is 0.497 e. The molecule has 0 aliphatic carbocycles.